The molecule has 0 amide bonds. The average molecular weight is 300 g/mol. The van der Waals surface area contributed by atoms with Crippen LogP contribution in [0.15, 0.2) is 29.1 Å². The van der Waals surface area contributed by atoms with Crippen molar-refractivity contribution in [3.05, 3.63) is 51.3 Å². The van der Waals surface area contributed by atoms with Gasteiger partial charge in [-0.1, -0.05) is 26.0 Å². The first-order valence-corrected chi connectivity index (χ1v) is 7.22. The molecule has 0 saturated carbocycles. The van der Waals surface area contributed by atoms with E-state index in [0.717, 1.165) is 16.7 Å². The summed E-state index contributed by atoms with van der Waals surface area (Å²) in [5.41, 5.74) is 2.75. The number of carbonyl (C=O) groups is 1. The van der Waals surface area contributed by atoms with Crippen LogP contribution < -0.4 is 5.56 Å². The Kier molecular flexibility index (Phi) is 4.45. The molecule has 2 rings (SSSR count). The molecule has 0 radical (unpaired) electrons. The first kappa shape index (κ1) is 15.9. The number of rotatable bonds is 4. The number of hydrogen-bond acceptors (Lipinski definition) is 3. The second-order valence-corrected chi connectivity index (χ2v) is 5.93. The van der Waals surface area contributed by atoms with E-state index < -0.39 is 11.5 Å². The minimum absolute atomic E-state index is 0.196. The molecular weight excluding hydrogens is 280 g/mol. The third-order valence-corrected chi connectivity index (χ3v) is 3.55. The molecule has 0 unspecified atom stereocenters. The molecule has 0 spiro atoms. The topological polar surface area (TPSA) is 72.2 Å². The Morgan fingerprint density at radius 1 is 1.23 bits per heavy atom. The molecule has 1 heterocycles. The molecule has 1 aromatic heterocycles. The zero-order valence-corrected chi connectivity index (χ0v) is 13.3. The SMILES string of the molecule is Cc1ccc(-c2cc(C(=O)O)c(=O)n(CC(C)C)n2)cc1C. The highest BCUT2D eigenvalue weighted by Crippen LogP contribution is 2.20. The predicted octanol–water partition coefficient (Wildman–Crippen LogP) is 2.88. The molecule has 0 bridgehead atoms. The summed E-state index contributed by atoms with van der Waals surface area (Å²) >= 11 is 0. The highest BCUT2D eigenvalue weighted by Gasteiger charge is 2.16. The maximum atomic E-state index is 12.2. The van der Waals surface area contributed by atoms with Gasteiger partial charge in [-0.3, -0.25) is 4.79 Å². The van der Waals surface area contributed by atoms with Crippen molar-refractivity contribution in [3.8, 4) is 11.3 Å². The molecule has 116 valence electrons. The van der Waals surface area contributed by atoms with Gasteiger partial charge in [-0.15, -0.1) is 0 Å². The van der Waals surface area contributed by atoms with E-state index in [9.17, 15) is 14.7 Å². The van der Waals surface area contributed by atoms with Gasteiger partial charge in [0.25, 0.3) is 5.56 Å². The third kappa shape index (κ3) is 3.24. The lowest BCUT2D eigenvalue weighted by Crippen LogP contribution is -2.30. The van der Waals surface area contributed by atoms with Crippen LogP contribution in [-0.2, 0) is 6.54 Å². The Balaban J connectivity index is 2.65. The molecule has 2 aromatic rings. The Bertz CT molecular complexity index is 776. The highest BCUT2D eigenvalue weighted by molar-refractivity contribution is 5.88. The van der Waals surface area contributed by atoms with Crippen LogP contribution in [0, 0.1) is 19.8 Å². The van der Waals surface area contributed by atoms with Crippen LogP contribution in [0.4, 0.5) is 0 Å². The summed E-state index contributed by atoms with van der Waals surface area (Å²) in [7, 11) is 0. The van der Waals surface area contributed by atoms with E-state index in [0.29, 0.717) is 12.2 Å². The molecule has 0 aliphatic rings. The van der Waals surface area contributed by atoms with Crippen molar-refractivity contribution >= 4 is 5.97 Å². The second kappa shape index (κ2) is 6.13. The van der Waals surface area contributed by atoms with Crippen molar-refractivity contribution in [3.63, 3.8) is 0 Å². The number of aromatic carboxylic acids is 1. The Morgan fingerprint density at radius 2 is 1.91 bits per heavy atom. The average Bonchev–Trinajstić information content (AvgIpc) is 2.43. The maximum Gasteiger partial charge on any atom is 0.341 e. The molecule has 0 atom stereocenters. The van der Waals surface area contributed by atoms with E-state index in [1.54, 1.807) is 0 Å². The van der Waals surface area contributed by atoms with Gasteiger partial charge in [-0.05, 0) is 43.0 Å². The van der Waals surface area contributed by atoms with Crippen molar-refractivity contribution < 1.29 is 9.90 Å². The largest absolute Gasteiger partial charge is 0.477 e. The normalized spacial score (nSPS) is 11.0. The number of carboxylic acid groups (broad SMARTS) is 1. The fourth-order valence-electron chi connectivity index (χ4n) is 2.21. The van der Waals surface area contributed by atoms with E-state index in [1.807, 2.05) is 45.9 Å². The number of carboxylic acids is 1. The van der Waals surface area contributed by atoms with Gasteiger partial charge in [0.1, 0.15) is 5.56 Å². The van der Waals surface area contributed by atoms with Crippen molar-refractivity contribution in [2.45, 2.75) is 34.2 Å². The second-order valence-electron chi connectivity index (χ2n) is 5.93. The molecule has 0 aliphatic carbocycles. The number of aromatic nitrogens is 2. The summed E-state index contributed by atoms with van der Waals surface area (Å²) in [6.45, 7) is 8.29. The summed E-state index contributed by atoms with van der Waals surface area (Å²) < 4.78 is 1.25. The summed E-state index contributed by atoms with van der Waals surface area (Å²) in [4.78, 5) is 23.5. The lowest BCUT2D eigenvalue weighted by atomic mass is 10.0. The van der Waals surface area contributed by atoms with Gasteiger partial charge >= 0.3 is 5.97 Å². The Labute approximate surface area is 129 Å². The van der Waals surface area contributed by atoms with Gasteiger partial charge in [0.05, 0.1) is 5.69 Å². The van der Waals surface area contributed by atoms with Gasteiger partial charge in [0.2, 0.25) is 0 Å². The fraction of sp³-hybridized carbons (Fsp3) is 0.353. The first-order valence-electron chi connectivity index (χ1n) is 7.22. The summed E-state index contributed by atoms with van der Waals surface area (Å²) in [6, 6.07) is 7.16. The lowest BCUT2D eigenvalue weighted by Gasteiger charge is -2.12. The third-order valence-electron chi connectivity index (χ3n) is 3.55. The van der Waals surface area contributed by atoms with Crippen LogP contribution in [0.25, 0.3) is 11.3 Å². The molecule has 22 heavy (non-hydrogen) atoms. The van der Waals surface area contributed by atoms with E-state index in [4.69, 9.17) is 0 Å². The number of nitrogens with zero attached hydrogens (tertiary/aromatic N) is 2. The van der Waals surface area contributed by atoms with Crippen molar-refractivity contribution in [1.29, 1.82) is 0 Å². The minimum Gasteiger partial charge on any atom is -0.477 e. The zero-order valence-electron chi connectivity index (χ0n) is 13.3. The van der Waals surface area contributed by atoms with Gasteiger partial charge in [0, 0.05) is 12.1 Å². The van der Waals surface area contributed by atoms with Gasteiger partial charge in [0.15, 0.2) is 0 Å². The van der Waals surface area contributed by atoms with Gasteiger partial charge < -0.3 is 5.11 Å². The Morgan fingerprint density at radius 3 is 2.45 bits per heavy atom. The number of aryl methyl sites for hydroxylation is 2. The Hall–Kier alpha value is -2.43. The van der Waals surface area contributed by atoms with Crippen LogP contribution in [0.1, 0.15) is 35.3 Å². The molecule has 0 fully saturated rings. The van der Waals surface area contributed by atoms with Crippen LogP contribution in [0.3, 0.4) is 0 Å². The summed E-state index contributed by atoms with van der Waals surface area (Å²) in [6.07, 6.45) is 0. The zero-order chi connectivity index (χ0) is 16.4. The van der Waals surface area contributed by atoms with Gasteiger partial charge in [-0.25, -0.2) is 9.48 Å². The monoisotopic (exact) mass is 300 g/mol. The quantitative estimate of drug-likeness (QED) is 0.942. The standard InChI is InChI=1S/C17H20N2O3/c1-10(2)9-19-16(20)14(17(21)22)8-15(18-19)13-6-5-11(3)12(4)7-13/h5-8,10H,9H2,1-4H3,(H,21,22). The van der Waals surface area contributed by atoms with Crippen LogP contribution in [0.5, 0.6) is 0 Å². The predicted molar refractivity (Wildman–Crippen MR) is 85.2 cm³/mol. The number of hydrogen-bond donors (Lipinski definition) is 1. The highest BCUT2D eigenvalue weighted by atomic mass is 16.4. The molecule has 0 saturated heterocycles. The van der Waals surface area contributed by atoms with Crippen molar-refractivity contribution in [2.24, 2.45) is 5.92 Å². The van der Waals surface area contributed by atoms with Crippen LogP contribution >= 0.6 is 0 Å². The fourth-order valence-corrected chi connectivity index (χ4v) is 2.21. The van der Waals surface area contributed by atoms with Crippen molar-refractivity contribution in [1.82, 2.24) is 9.78 Å². The summed E-state index contributed by atoms with van der Waals surface area (Å²) in [5.74, 6) is -1.03. The van der Waals surface area contributed by atoms with E-state index in [1.165, 1.54) is 10.7 Å². The first-order chi connectivity index (χ1) is 10.3. The van der Waals surface area contributed by atoms with Gasteiger partial charge in [-0.2, -0.15) is 5.10 Å². The molecule has 5 heteroatoms. The molecular formula is C17H20N2O3. The van der Waals surface area contributed by atoms with Crippen LogP contribution in [-0.4, -0.2) is 20.9 Å². The van der Waals surface area contributed by atoms with E-state index in [-0.39, 0.29) is 11.5 Å². The molecule has 1 N–H and O–H groups in total. The molecule has 1 aromatic carbocycles. The molecule has 5 nitrogen and oxygen atoms in total. The van der Waals surface area contributed by atoms with Crippen LogP contribution in [0.2, 0.25) is 0 Å². The van der Waals surface area contributed by atoms with E-state index >= 15 is 0 Å². The van der Waals surface area contributed by atoms with Crippen molar-refractivity contribution in [2.75, 3.05) is 0 Å². The smallest absolute Gasteiger partial charge is 0.341 e. The summed E-state index contributed by atoms with van der Waals surface area (Å²) in [5, 5.41) is 13.6. The maximum absolute atomic E-state index is 12.2. The minimum atomic E-state index is -1.23. The number of benzene rings is 1. The lowest BCUT2D eigenvalue weighted by molar-refractivity contribution is 0.0693. The van der Waals surface area contributed by atoms with E-state index in [2.05, 4.69) is 5.10 Å². The molecule has 0 aliphatic heterocycles.